The van der Waals surface area contributed by atoms with Gasteiger partial charge in [-0.1, -0.05) is 6.92 Å². The number of nitrogens with zero attached hydrogens (tertiary/aromatic N) is 1. The number of hydrogen-bond donors (Lipinski definition) is 2. The molecule has 0 aromatic heterocycles. The van der Waals surface area contributed by atoms with Gasteiger partial charge in [0.25, 0.3) is 0 Å². The van der Waals surface area contributed by atoms with Gasteiger partial charge in [0.15, 0.2) is 5.82 Å². The lowest BCUT2D eigenvalue weighted by Gasteiger charge is -2.12. The SMILES string of the molecule is CC(CO)CNc1ccc(C#N)c(Br)c1F. The van der Waals surface area contributed by atoms with Crippen LogP contribution in [0, 0.1) is 23.1 Å². The van der Waals surface area contributed by atoms with E-state index in [1.807, 2.05) is 13.0 Å². The number of nitrogens with one attached hydrogen (secondary N) is 1. The van der Waals surface area contributed by atoms with E-state index in [1.54, 1.807) is 6.07 Å². The van der Waals surface area contributed by atoms with Gasteiger partial charge >= 0.3 is 0 Å². The molecule has 0 heterocycles. The van der Waals surface area contributed by atoms with Crippen LogP contribution in [0.4, 0.5) is 10.1 Å². The predicted molar refractivity (Wildman–Crippen MR) is 63.6 cm³/mol. The van der Waals surface area contributed by atoms with E-state index in [1.165, 1.54) is 6.07 Å². The van der Waals surface area contributed by atoms with E-state index in [4.69, 9.17) is 10.4 Å². The summed E-state index contributed by atoms with van der Waals surface area (Å²) in [5.41, 5.74) is 0.587. The largest absolute Gasteiger partial charge is 0.396 e. The molecule has 0 aliphatic heterocycles. The third kappa shape index (κ3) is 2.94. The molecule has 1 aromatic carbocycles. The van der Waals surface area contributed by atoms with E-state index in [0.29, 0.717) is 12.2 Å². The molecular formula is C11H12BrFN2O. The fraction of sp³-hybridized carbons (Fsp3) is 0.364. The molecule has 3 nitrogen and oxygen atoms in total. The van der Waals surface area contributed by atoms with Crippen molar-refractivity contribution in [3.05, 3.63) is 28.0 Å². The van der Waals surface area contributed by atoms with E-state index in [0.717, 1.165) is 0 Å². The Balaban J connectivity index is 2.84. The summed E-state index contributed by atoms with van der Waals surface area (Å²) in [4.78, 5) is 0. The maximum absolute atomic E-state index is 13.7. The molecule has 1 rings (SSSR count). The Hall–Kier alpha value is -1.12. The van der Waals surface area contributed by atoms with Crippen LogP contribution in [0.5, 0.6) is 0 Å². The van der Waals surface area contributed by atoms with Gasteiger partial charge in [-0.05, 0) is 34.0 Å². The molecule has 1 atom stereocenters. The summed E-state index contributed by atoms with van der Waals surface area (Å²) in [5.74, 6) is -0.432. The van der Waals surface area contributed by atoms with Crippen LogP contribution in [0.2, 0.25) is 0 Å². The summed E-state index contributed by atoms with van der Waals surface area (Å²) < 4.78 is 13.8. The van der Waals surface area contributed by atoms with Crippen LogP contribution in [0.15, 0.2) is 16.6 Å². The Morgan fingerprint density at radius 3 is 2.88 bits per heavy atom. The molecule has 1 unspecified atom stereocenters. The predicted octanol–water partition coefficient (Wildman–Crippen LogP) is 2.50. The van der Waals surface area contributed by atoms with E-state index < -0.39 is 5.82 Å². The minimum absolute atomic E-state index is 0.0477. The van der Waals surface area contributed by atoms with E-state index in [-0.39, 0.29) is 22.6 Å². The molecule has 0 fully saturated rings. The maximum atomic E-state index is 13.7. The van der Waals surface area contributed by atoms with Crippen molar-refractivity contribution in [2.75, 3.05) is 18.5 Å². The van der Waals surface area contributed by atoms with Crippen LogP contribution in [-0.2, 0) is 0 Å². The summed E-state index contributed by atoms with van der Waals surface area (Å²) in [6, 6.07) is 4.94. The lowest BCUT2D eigenvalue weighted by molar-refractivity contribution is 0.244. The van der Waals surface area contributed by atoms with Crippen LogP contribution in [0.3, 0.4) is 0 Å². The molecule has 0 radical (unpaired) electrons. The Kier molecular flexibility index (Phi) is 4.71. The van der Waals surface area contributed by atoms with Gasteiger partial charge in [0.2, 0.25) is 0 Å². The molecule has 0 spiro atoms. The van der Waals surface area contributed by atoms with Gasteiger partial charge in [-0.3, -0.25) is 0 Å². The first kappa shape index (κ1) is 12.9. The second-order valence-electron chi connectivity index (χ2n) is 3.57. The number of hydrogen-bond acceptors (Lipinski definition) is 3. The van der Waals surface area contributed by atoms with Gasteiger partial charge < -0.3 is 10.4 Å². The molecule has 2 N–H and O–H groups in total. The van der Waals surface area contributed by atoms with Crippen molar-refractivity contribution >= 4 is 21.6 Å². The minimum Gasteiger partial charge on any atom is -0.396 e. The van der Waals surface area contributed by atoms with Crippen LogP contribution >= 0.6 is 15.9 Å². The number of benzene rings is 1. The third-order valence-electron chi connectivity index (χ3n) is 2.16. The summed E-state index contributed by atoms with van der Waals surface area (Å²) >= 11 is 3.03. The second kappa shape index (κ2) is 5.83. The van der Waals surface area contributed by atoms with Gasteiger partial charge in [-0.15, -0.1) is 0 Å². The van der Waals surface area contributed by atoms with Crippen molar-refractivity contribution in [3.63, 3.8) is 0 Å². The quantitative estimate of drug-likeness (QED) is 0.894. The highest BCUT2D eigenvalue weighted by Crippen LogP contribution is 2.26. The fourth-order valence-corrected chi connectivity index (χ4v) is 1.56. The highest BCUT2D eigenvalue weighted by Gasteiger charge is 2.11. The Morgan fingerprint density at radius 2 is 2.31 bits per heavy atom. The van der Waals surface area contributed by atoms with Crippen molar-refractivity contribution < 1.29 is 9.50 Å². The normalized spacial score (nSPS) is 11.9. The first-order valence-corrected chi connectivity index (χ1v) is 5.62. The summed E-state index contributed by atoms with van der Waals surface area (Å²) in [7, 11) is 0. The molecule has 0 aliphatic rings. The monoisotopic (exact) mass is 286 g/mol. The standard InChI is InChI=1S/C11H12BrFN2O/c1-7(6-16)5-15-9-3-2-8(4-14)10(12)11(9)13/h2-3,7,15-16H,5-6H2,1H3. The van der Waals surface area contributed by atoms with Crippen LogP contribution < -0.4 is 5.32 Å². The van der Waals surface area contributed by atoms with Crippen molar-refractivity contribution in [2.45, 2.75) is 6.92 Å². The highest BCUT2D eigenvalue weighted by molar-refractivity contribution is 9.10. The van der Waals surface area contributed by atoms with Crippen molar-refractivity contribution in [2.24, 2.45) is 5.92 Å². The minimum atomic E-state index is -0.482. The smallest absolute Gasteiger partial charge is 0.161 e. The Bertz CT molecular complexity index is 417. The Morgan fingerprint density at radius 1 is 1.62 bits per heavy atom. The number of anilines is 1. The van der Waals surface area contributed by atoms with Gasteiger partial charge in [0.05, 0.1) is 15.7 Å². The van der Waals surface area contributed by atoms with Gasteiger partial charge in [0, 0.05) is 13.2 Å². The second-order valence-corrected chi connectivity index (χ2v) is 4.36. The van der Waals surface area contributed by atoms with Gasteiger partial charge in [-0.25, -0.2) is 4.39 Å². The van der Waals surface area contributed by atoms with Crippen LogP contribution in [0.25, 0.3) is 0 Å². The van der Waals surface area contributed by atoms with Crippen molar-refractivity contribution in [1.82, 2.24) is 0 Å². The van der Waals surface area contributed by atoms with Crippen molar-refractivity contribution in [1.29, 1.82) is 5.26 Å². The summed E-state index contributed by atoms with van der Waals surface area (Å²) in [6.45, 7) is 2.38. The topological polar surface area (TPSA) is 56.0 Å². The van der Waals surface area contributed by atoms with Gasteiger partial charge in [-0.2, -0.15) is 5.26 Å². The molecule has 0 saturated carbocycles. The zero-order valence-corrected chi connectivity index (χ0v) is 10.4. The molecule has 1 aromatic rings. The molecule has 0 bridgehead atoms. The van der Waals surface area contributed by atoms with Crippen LogP contribution in [0.1, 0.15) is 12.5 Å². The van der Waals surface area contributed by atoms with E-state index >= 15 is 0 Å². The average Bonchev–Trinajstić information content (AvgIpc) is 2.30. The maximum Gasteiger partial charge on any atom is 0.161 e. The molecule has 0 amide bonds. The van der Waals surface area contributed by atoms with Crippen LogP contribution in [-0.4, -0.2) is 18.3 Å². The van der Waals surface area contributed by atoms with E-state index in [9.17, 15) is 4.39 Å². The Labute approximate surface area is 102 Å². The first-order chi connectivity index (χ1) is 7.60. The zero-order valence-electron chi connectivity index (χ0n) is 8.80. The summed E-state index contributed by atoms with van der Waals surface area (Å²) in [6.07, 6.45) is 0. The van der Waals surface area contributed by atoms with Gasteiger partial charge in [0.1, 0.15) is 6.07 Å². The lowest BCUT2D eigenvalue weighted by atomic mass is 10.1. The average molecular weight is 287 g/mol. The fourth-order valence-electron chi connectivity index (χ4n) is 1.12. The number of rotatable bonds is 4. The molecular weight excluding hydrogens is 275 g/mol. The zero-order chi connectivity index (χ0) is 12.1. The number of aliphatic hydroxyl groups is 1. The third-order valence-corrected chi connectivity index (χ3v) is 2.93. The molecule has 5 heteroatoms. The van der Waals surface area contributed by atoms with Crippen molar-refractivity contribution in [3.8, 4) is 6.07 Å². The number of aliphatic hydroxyl groups excluding tert-OH is 1. The molecule has 0 aliphatic carbocycles. The molecule has 16 heavy (non-hydrogen) atoms. The molecule has 86 valence electrons. The number of nitriles is 1. The number of halogens is 2. The first-order valence-electron chi connectivity index (χ1n) is 4.83. The molecule has 0 saturated heterocycles. The lowest BCUT2D eigenvalue weighted by Crippen LogP contribution is -2.15. The summed E-state index contributed by atoms with van der Waals surface area (Å²) in [5, 5.41) is 20.4. The highest BCUT2D eigenvalue weighted by atomic mass is 79.9. The van der Waals surface area contributed by atoms with E-state index in [2.05, 4.69) is 21.2 Å².